The average molecular weight is 453 g/mol. The van der Waals surface area contributed by atoms with Crippen LogP contribution >= 0.6 is 11.6 Å². The van der Waals surface area contributed by atoms with E-state index in [9.17, 15) is 31.5 Å². The number of nitrogens with one attached hydrogen (secondary N) is 1. The first-order valence-electron chi connectivity index (χ1n) is 9.37. The van der Waals surface area contributed by atoms with Crippen molar-refractivity contribution in [1.29, 1.82) is 0 Å². The molecule has 2 aliphatic heterocycles. The van der Waals surface area contributed by atoms with E-state index in [1.807, 2.05) is 0 Å². The highest BCUT2D eigenvalue weighted by atomic mass is 35.5. The topological polar surface area (TPSA) is 58.6 Å². The lowest BCUT2D eigenvalue weighted by atomic mass is 9.68. The molecular formula is C19H18ClF5N2O3. The highest BCUT2D eigenvalue weighted by Gasteiger charge is 2.54. The van der Waals surface area contributed by atoms with Gasteiger partial charge in [0.25, 0.3) is 5.92 Å². The Bertz CT molecular complexity index is 879. The summed E-state index contributed by atoms with van der Waals surface area (Å²) in [6.07, 6.45) is -5.11. The Morgan fingerprint density at radius 1 is 1.23 bits per heavy atom. The number of carbonyl (C=O) groups excluding carboxylic acids is 2. The highest BCUT2D eigenvalue weighted by Crippen LogP contribution is 2.44. The van der Waals surface area contributed by atoms with Crippen molar-refractivity contribution >= 4 is 23.6 Å². The third-order valence-electron chi connectivity index (χ3n) is 5.98. The van der Waals surface area contributed by atoms with E-state index < -0.39 is 52.2 Å². The second-order valence-electron chi connectivity index (χ2n) is 8.30. The van der Waals surface area contributed by atoms with Gasteiger partial charge in [-0.15, -0.1) is 0 Å². The normalized spacial score (nSPS) is 26.8. The first kappa shape index (κ1) is 21.1. The summed E-state index contributed by atoms with van der Waals surface area (Å²) >= 11 is 5.49. The predicted molar refractivity (Wildman–Crippen MR) is 95.0 cm³/mol. The zero-order chi connectivity index (χ0) is 21.9. The lowest BCUT2D eigenvalue weighted by molar-refractivity contribution is -0.151. The van der Waals surface area contributed by atoms with Gasteiger partial charge in [0.05, 0.1) is 16.1 Å². The molecule has 1 aliphatic carbocycles. The molecule has 1 aromatic carbocycles. The number of hydrogen-bond acceptors (Lipinski definition) is 3. The van der Waals surface area contributed by atoms with Crippen molar-refractivity contribution in [2.24, 2.45) is 11.8 Å². The second kappa shape index (κ2) is 6.96. The maximum absolute atomic E-state index is 14.6. The van der Waals surface area contributed by atoms with Gasteiger partial charge in [-0.05, 0) is 25.0 Å². The van der Waals surface area contributed by atoms with Gasteiger partial charge in [0, 0.05) is 36.9 Å². The number of nitrogens with zero attached hydrogens (tertiary/aromatic N) is 1. The number of benzene rings is 1. The fraction of sp³-hybridized carbons (Fsp3) is 0.579. The summed E-state index contributed by atoms with van der Waals surface area (Å²) in [6, 6.07) is 2.10. The molecular weight excluding hydrogens is 435 g/mol. The first-order chi connectivity index (χ1) is 13.9. The third-order valence-corrected chi connectivity index (χ3v) is 6.31. The van der Waals surface area contributed by atoms with Crippen molar-refractivity contribution in [2.75, 3.05) is 19.7 Å². The smallest absolute Gasteiger partial charge is 0.417 e. The molecule has 1 aromatic rings. The molecule has 3 fully saturated rings. The zero-order valence-corrected chi connectivity index (χ0v) is 16.3. The van der Waals surface area contributed by atoms with Gasteiger partial charge in [0.15, 0.2) is 0 Å². The van der Waals surface area contributed by atoms with Crippen LogP contribution in [0.15, 0.2) is 18.2 Å². The Balaban J connectivity index is 1.31. The van der Waals surface area contributed by atoms with Crippen molar-refractivity contribution < 1.29 is 36.3 Å². The van der Waals surface area contributed by atoms with Crippen LogP contribution in [0.1, 0.15) is 30.4 Å². The largest absolute Gasteiger partial charge is 0.447 e. The zero-order valence-electron chi connectivity index (χ0n) is 15.6. The Hall–Kier alpha value is -2.10. The molecule has 0 aromatic heterocycles. The summed E-state index contributed by atoms with van der Waals surface area (Å²) in [5.41, 5.74) is -2.55. The van der Waals surface area contributed by atoms with Crippen LogP contribution in [0.3, 0.4) is 0 Å². The minimum Gasteiger partial charge on any atom is -0.447 e. The van der Waals surface area contributed by atoms with Crippen LogP contribution in [-0.2, 0) is 21.6 Å². The number of carbonyl (C=O) groups is 2. The van der Waals surface area contributed by atoms with E-state index in [-0.39, 0.29) is 31.5 Å². The number of rotatable bonds is 4. The van der Waals surface area contributed by atoms with Gasteiger partial charge in [-0.2, -0.15) is 13.2 Å². The van der Waals surface area contributed by atoms with Crippen LogP contribution in [0.4, 0.5) is 26.7 Å². The number of cyclic esters (lactones) is 1. The molecule has 0 atom stereocenters. The lowest BCUT2D eigenvalue weighted by Crippen LogP contribution is -2.61. The van der Waals surface area contributed by atoms with E-state index in [2.05, 4.69) is 5.32 Å². The van der Waals surface area contributed by atoms with Crippen LogP contribution < -0.4 is 5.32 Å². The maximum atomic E-state index is 14.6. The van der Waals surface area contributed by atoms with Gasteiger partial charge in [-0.1, -0.05) is 17.7 Å². The van der Waals surface area contributed by atoms with Crippen molar-refractivity contribution in [3.05, 3.63) is 34.3 Å². The minimum absolute atomic E-state index is 0.125. The molecule has 3 aliphatic rings. The Morgan fingerprint density at radius 3 is 2.47 bits per heavy atom. The quantitative estimate of drug-likeness (QED) is 0.697. The van der Waals surface area contributed by atoms with Crippen LogP contribution in [0.2, 0.25) is 5.02 Å². The lowest BCUT2D eigenvalue weighted by Gasteiger charge is -2.48. The van der Waals surface area contributed by atoms with E-state index in [1.165, 1.54) is 4.90 Å². The SMILES string of the molecule is O=C1N[C@]2(CO1)C[C@@H](C(=O)N1CC(CC(F)(F)c3ccc(Cl)c(C(F)(F)F)c3)C1)C2. The van der Waals surface area contributed by atoms with E-state index >= 15 is 0 Å². The summed E-state index contributed by atoms with van der Waals surface area (Å²) in [5, 5.41) is 2.05. The molecule has 30 heavy (non-hydrogen) atoms. The summed E-state index contributed by atoms with van der Waals surface area (Å²) < 4.78 is 72.8. The molecule has 4 rings (SSSR count). The number of likely N-dealkylation sites (tertiary alicyclic amines) is 1. The number of halogens is 6. The molecule has 2 amide bonds. The van der Waals surface area contributed by atoms with Crippen LogP contribution in [0.5, 0.6) is 0 Å². The van der Waals surface area contributed by atoms with Gasteiger partial charge < -0.3 is 15.0 Å². The fourth-order valence-electron chi connectivity index (χ4n) is 4.36. The van der Waals surface area contributed by atoms with Gasteiger partial charge in [0.2, 0.25) is 5.91 Å². The third kappa shape index (κ3) is 3.81. The molecule has 1 saturated carbocycles. The van der Waals surface area contributed by atoms with Crippen LogP contribution in [0.25, 0.3) is 0 Å². The average Bonchev–Trinajstić information content (AvgIpc) is 2.97. The molecule has 0 radical (unpaired) electrons. The number of amides is 2. The summed E-state index contributed by atoms with van der Waals surface area (Å²) in [5.74, 6) is -4.44. The van der Waals surface area contributed by atoms with Crippen molar-refractivity contribution in [2.45, 2.75) is 36.9 Å². The summed E-state index contributed by atoms with van der Waals surface area (Å²) in [7, 11) is 0. The highest BCUT2D eigenvalue weighted by molar-refractivity contribution is 6.31. The van der Waals surface area contributed by atoms with Crippen molar-refractivity contribution in [1.82, 2.24) is 10.2 Å². The number of alkyl halides is 5. The number of ether oxygens (including phenoxy) is 1. The standard InChI is InChI=1S/C19H18ClF5N2O3/c20-14-2-1-12(3-13(14)19(23,24)25)18(21,22)4-10-7-27(8-10)15(28)11-5-17(6-11)9-30-16(29)26-17/h1-3,10-11H,4-9H2,(H,26,29)/t11-,17-. The Labute approximate surface area is 173 Å². The van der Waals surface area contributed by atoms with Crippen LogP contribution in [-0.4, -0.2) is 42.1 Å². The molecule has 2 saturated heterocycles. The number of hydrogen-bond donors (Lipinski definition) is 1. The van der Waals surface area contributed by atoms with Gasteiger partial charge in [-0.25, -0.2) is 13.6 Å². The number of alkyl carbamates (subject to hydrolysis) is 1. The van der Waals surface area contributed by atoms with Gasteiger partial charge in [-0.3, -0.25) is 4.79 Å². The van der Waals surface area contributed by atoms with E-state index in [4.69, 9.17) is 16.3 Å². The molecule has 1 N–H and O–H groups in total. The summed E-state index contributed by atoms with van der Waals surface area (Å²) in [4.78, 5) is 25.1. The second-order valence-corrected chi connectivity index (χ2v) is 8.70. The molecule has 164 valence electrons. The van der Waals surface area contributed by atoms with Gasteiger partial charge >= 0.3 is 12.3 Å². The van der Waals surface area contributed by atoms with Gasteiger partial charge in [0.1, 0.15) is 6.61 Å². The first-order valence-corrected chi connectivity index (χ1v) is 9.75. The molecule has 0 bridgehead atoms. The van der Waals surface area contributed by atoms with E-state index in [0.29, 0.717) is 18.9 Å². The molecule has 2 heterocycles. The summed E-state index contributed by atoms with van der Waals surface area (Å²) in [6.45, 7) is 0.465. The molecule has 11 heteroatoms. The van der Waals surface area contributed by atoms with E-state index in [1.54, 1.807) is 0 Å². The fourth-order valence-corrected chi connectivity index (χ4v) is 4.58. The predicted octanol–water partition coefficient (Wildman–Crippen LogP) is 4.19. The molecule has 5 nitrogen and oxygen atoms in total. The monoisotopic (exact) mass is 452 g/mol. The maximum Gasteiger partial charge on any atom is 0.417 e. The molecule has 0 unspecified atom stereocenters. The molecule has 1 spiro atoms. The minimum atomic E-state index is -4.83. The Kier molecular flexibility index (Phi) is 4.91. The Morgan fingerprint density at radius 2 is 1.90 bits per heavy atom. The van der Waals surface area contributed by atoms with Crippen LogP contribution in [0, 0.1) is 11.8 Å². The van der Waals surface area contributed by atoms with Crippen molar-refractivity contribution in [3.8, 4) is 0 Å². The van der Waals surface area contributed by atoms with Crippen molar-refractivity contribution in [3.63, 3.8) is 0 Å². The van der Waals surface area contributed by atoms with E-state index in [0.717, 1.165) is 12.1 Å².